The normalized spacial score (nSPS) is 15.9. The van der Waals surface area contributed by atoms with Gasteiger partial charge in [0.1, 0.15) is 11.3 Å². The van der Waals surface area contributed by atoms with Crippen molar-refractivity contribution in [1.29, 1.82) is 0 Å². The van der Waals surface area contributed by atoms with Crippen molar-refractivity contribution in [3.8, 4) is 5.75 Å². The molecule has 0 amide bonds. The number of piperidine rings is 1. The van der Waals surface area contributed by atoms with Crippen LogP contribution < -0.4 is 10.1 Å². The smallest absolute Gasteiger partial charge is 0.295 e. The Bertz CT molecular complexity index is 1220. The van der Waals surface area contributed by atoms with E-state index < -0.39 is 10.0 Å². The van der Waals surface area contributed by atoms with Gasteiger partial charge in [0.2, 0.25) is 10.0 Å². The quantitative estimate of drug-likeness (QED) is 0.504. The van der Waals surface area contributed by atoms with Gasteiger partial charge in [-0.2, -0.15) is 4.98 Å². The van der Waals surface area contributed by atoms with Crippen molar-refractivity contribution in [2.75, 3.05) is 39.1 Å². The van der Waals surface area contributed by atoms with E-state index in [1.165, 1.54) is 24.0 Å². The summed E-state index contributed by atoms with van der Waals surface area (Å²) in [5.74, 6) is 0.728. The lowest BCUT2D eigenvalue weighted by atomic mass is 10.0. The first-order chi connectivity index (χ1) is 15.8. The minimum absolute atomic E-state index is 0.197. The predicted octanol–water partition coefficient (Wildman–Crippen LogP) is 4.21. The summed E-state index contributed by atoms with van der Waals surface area (Å²) in [4.78, 5) is 7.06. The third-order valence-electron chi connectivity index (χ3n) is 5.75. The zero-order valence-electron chi connectivity index (χ0n) is 19.0. The highest BCUT2D eigenvalue weighted by Gasteiger charge is 2.22. The average molecular weight is 493 g/mol. The Labute approximate surface area is 199 Å². The molecule has 2 aromatic carbocycles. The first-order valence-corrected chi connectivity index (χ1v) is 12.8. The second-order valence-electron chi connectivity index (χ2n) is 8.33. The summed E-state index contributed by atoms with van der Waals surface area (Å²) in [6.45, 7) is 5.26. The van der Waals surface area contributed by atoms with Crippen LogP contribution in [0.5, 0.6) is 5.75 Å². The van der Waals surface area contributed by atoms with Gasteiger partial charge in [-0.1, -0.05) is 17.7 Å². The molecule has 1 aliphatic heterocycles. The molecular formula is C23H29ClN4O4S. The van der Waals surface area contributed by atoms with Gasteiger partial charge in [-0.15, -0.1) is 0 Å². The van der Waals surface area contributed by atoms with Gasteiger partial charge in [0.15, 0.2) is 5.58 Å². The Morgan fingerprint density at radius 1 is 1.21 bits per heavy atom. The lowest BCUT2D eigenvalue weighted by Gasteiger charge is -2.32. The maximum absolute atomic E-state index is 12.4. The highest BCUT2D eigenvalue weighted by Crippen LogP contribution is 2.28. The van der Waals surface area contributed by atoms with Crippen LogP contribution in [0.3, 0.4) is 0 Å². The Morgan fingerprint density at radius 2 is 1.97 bits per heavy atom. The third kappa shape index (κ3) is 5.43. The highest BCUT2D eigenvalue weighted by molar-refractivity contribution is 7.89. The third-order valence-corrected chi connectivity index (χ3v) is 7.88. The molecule has 8 nitrogen and oxygen atoms in total. The SMILES string of the molecule is CCOc1cc(CN2CCC(Nc3nc4cc(S(=O)(=O)N(C)C)ccc4o3)CC2)ccc1Cl. The number of hydrogen-bond donors (Lipinski definition) is 1. The van der Waals surface area contributed by atoms with Crippen LogP contribution in [-0.2, 0) is 16.6 Å². The van der Waals surface area contributed by atoms with Gasteiger partial charge < -0.3 is 14.5 Å². The van der Waals surface area contributed by atoms with E-state index in [9.17, 15) is 8.42 Å². The van der Waals surface area contributed by atoms with Gasteiger partial charge in [0, 0.05) is 39.8 Å². The number of anilines is 1. The van der Waals surface area contributed by atoms with E-state index in [1.54, 1.807) is 18.2 Å². The number of ether oxygens (including phenoxy) is 1. The molecule has 33 heavy (non-hydrogen) atoms. The van der Waals surface area contributed by atoms with E-state index in [0.717, 1.165) is 38.2 Å². The molecule has 0 spiro atoms. The topological polar surface area (TPSA) is 87.9 Å². The minimum Gasteiger partial charge on any atom is -0.492 e. The summed E-state index contributed by atoms with van der Waals surface area (Å²) in [5, 5.41) is 4.00. The molecule has 1 N–H and O–H groups in total. The molecule has 0 aliphatic carbocycles. The van der Waals surface area contributed by atoms with Gasteiger partial charge in [-0.05, 0) is 55.7 Å². The molecule has 0 saturated carbocycles. The van der Waals surface area contributed by atoms with Crippen molar-refractivity contribution in [2.45, 2.75) is 37.2 Å². The number of nitrogens with one attached hydrogen (secondary N) is 1. The summed E-state index contributed by atoms with van der Waals surface area (Å²) in [7, 11) is -0.503. The fraction of sp³-hybridized carbons (Fsp3) is 0.435. The molecule has 4 rings (SSSR count). The van der Waals surface area contributed by atoms with Crippen LogP contribution >= 0.6 is 11.6 Å². The number of sulfonamides is 1. The van der Waals surface area contributed by atoms with E-state index in [0.29, 0.717) is 28.7 Å². The Hall–Kier alpha value is -2.33. The number of rotatable bonds is 8. The molecule has 178 valence electrons. The van der Waals surface area contributed by atoms with E-state index in [-0.39, 0.29) is 10.9 Å². The molecule has 3 aromatic rings. The second-order valence-corrected chi connectivity index (χ2v) is 10.9. The first kappa shape index (κ1) is 23.8. The summed E-state index contributed by atoms with van der Waals surface area (Å²) in [6, 6.07) is 11.3. The van der Waals surface area contributed by atoms with Crippen LogP contribution in [0.15, 0.2) is 45.7 Å². The van der Waals surface area contributed by atoms with E-state index in [4.69, 9.17) is 20.8 Å². The molecule has 1 saturated heterocycles. The maximum Gasteiger partial charge on any atom is 0.295 e. The highest BCUT2D eigenvalue weighted by atomic mass is 35.5. The van der Waals surface area contributed by atoms with Crippen molar-refractivity contribution in [2.24, 2.45) is 0 Å². The van der Waals surface area contributed by atoms with Crippen LogP contribution in [0, 0.1) is 0 Å². The van der Waals surface area contributed by atoms with Gasteiger partial charge in [0.05, 0.1) is 16.5 Å². The zero-order chi connectivity index (χ0) is 23.6. The molecular weight excluding hydrogens is 464 g/mol. The number of fused-ring (bicyclic) bond motifs is 1. The molecule has 1 aliphatic rings. The zero-order valence-corrected chi connectivity index (χ0v) is 20.6. The molecule has 1 aromatic heterocycles. The molecule has 1 fully saturated rings. The van der Waals surface area contributed by atoms with Gasteiger partial charge in [-0.25, -0.2) is 12.7 Å². The van der Waals surface area contributed by atoms with Crippen molar-refractivity contribution in [3.63, 3.8) is 0 Å². The number of benzene rings is 2. The number of halogens is 1. The molecule has 10 heteroatoms. The van der Waals surface area contributed by atoms with E-state index in [1.807, 2.05) is 25.1 Å². The van der Waals surface area contributed by atoms with Crippen molar-refractivity contribution < 1.29 is 17.6 Å². The summed E-state index contributed by atoms with van der Waals surface area (Å²) >= 11 is 6.19. The molecule has 0 bridgehead atoms. The first-order valence-electron chi connectivity index (χ1n) is 11.0. The number of nitrogens with zero attached hydrogens (tertiary/aromatic N) is 3. The van der Waals surface area contributed by atoms with Crippen LogP contribution in [-0.4, -0.2) is 62.4 Å². The fourth-order valence-corrected chi connectivity index (χ4v) is 5.02. The molecule has 0 unspecified atom stereocenters. The largest absolute Gasteiger partial charge is 0.492 e. The Kier molecular flexibility index (Phi) is 7.13. The Balaban J connectivity index is 1.36. The van der Waals surface area contributed by atoms with Gasteiger partial charge in [-0.3, -0.25) is 4.90 Å². The lowest BCUT2D eigenvalue weighted by molar-refractivity contribution is 0.210. The minimum atomic E-state index is -3.52. The Morgan fingerprint density at radius 3 is 2.67 bits per heavy atom. The van der Waals surface area contributed by atoms with Crippen molar-refractivity contribution in [1.82, 2.24) is 14.2 Å². The predicted molar refractivity (Wildman–Crippen MR) is 129 cm³/mol. The van der Waals surface area contributed by atoms with Crippen LogP contribution in [0.1, 0.15) is 25.3 Å². The molecule has 2 heterocycles. The van der Waals surface area contributed by atoms with Crippen LogP contribution in [0.4, 0.5) is 6.01 Å². The van der Waals surface area contributed by atoms with E-state index >= 15 is 0 Å². The number of oxazole rings is 1. The summed E-state index contributed by atoms with van der Waals surface area (Å²) < 4.78 is 37.3. The number of hydrogen-bond acceptors (Lipinski definition) is 7. The van der Waals surface area contributed by atoms with Gasteiger partial charge >= 0.3 is 0 Å². The number of aromatic nitrogens is 1. The maximum atomic E-state index is 12.4. The van der Waals surface area contributed by atoms with Crippen molar-refractivity contribution >= 4 is 38.7 Å². The average Bonchev–Trinajstić information content (AvgIpc) is 3.19. The second kappa shape index (κ2) is 9.89. The van der Waals surface area contributed by atoms with Crippen molar-refractivity contribution in [3.05, 3.63) is 47.0 Å². The molecule has 0 radical (unpaired) electrons. The summed E-state index contributed by atoms with van der Waals surface area (Å²) in [6.07, 6.45) is 1.90. The summed E-state index contributed by atoms with van der Waals surface area (Å²) in [5.41, 5.74) is 2.25. The fourth-order valence-electron chi connectivity index (χ4n) is 3.92. The van der Waals surface area contributed by atoms with Gasteiger partial charge in [0.25, 0.3) is 6.01 Å². The monoisotopic (exact) mass is 492 g/mol. The lowest BCUT2D eigenvalue weighted by Crippen LogP contribution is -2.38. The van der Waals surface area contributed by atoms with Crippen LogP contribution in [0.25, 0.3) is 11.1 Å². The molecule has 0 atom stereocenters. The van der Waals surface area contributed by atoms with E-state index in [2.05, 4.69) is 15.2 Å². The van der Waals surface area contributed by atoms with Crippen LogP contribution in [0.2, 0.25) is 5.02 Å². The standard InChI is InChI=1S/C23H29ClN4O4S/c1-4-31-22-13-16(5-7-19(22)24)15-28-11-9-17(10-12-28)25-23-26-20-14-18(6-8-21(20)32-23)33(29,30)27(2)3/h5-8,13-14,17H,4,9-12,15H2,1-3H3,(H,25,26). The number of likely N-dealkylation sites (tertiary alicyclic amines) is 1.